The minimum Gasteiger partial charge on any atom is -0.294 e. The van der Waals surface area contributed by atoms with Crippen LogP contribution in [0.15, 0.2) is 58.4 Å². The molecule has 4 rings (SSSR count). The molecule has 2 aliphatic rings. The van der Waals surface area contributed by atoms with Crippen molar-refractivity contribution in [1.29, 1.82) is 0 Å². The Balaban J connectivity index is 1.59. The van der Waals surface area contributed by atoms with Crippen LogP contribution < -0.4 is 19.8 Å². The molecule has 11 nitrogen and oxygen atoms in total. The van der Waals surface area contributed by atoms with Gasteiger partial charge in [0.05, 0.1) is 16.3 Å². The number of halogens is 1. The first-order valence-electron chi connectivity index (χ1n) is 9.08. The maximum Gasteiger partial charge on any atom is 0.342 e. The number of guanidine groups is 1. The molecule has 0 radical (unpaired) electrons. The number of aliphatic imine (C=N–C) groups is 1. The van der Waals surface area contributed by atoms with Crippen molar-refractivity contribution < 1.29 is 27.6 Å². The summed E-state index contributed by atoms with van der Waals surface area (Å²) in [5.41, 5.74) is 0.321. The van der Waals surface area contributed by atoms with Crippen molar-refractivity contribution in [2.24, 2.45) is 4.99 Å². The van der Waals surface area contributed by atoms with Crippen LogP contribution in [0.3, 0.4) is 0 Å². The predicted molar refractivity (Wildman–Crippen MR) is 114 cm³/mol. The molecule has 0 bridgehead atoms. The largest absolute Gasteiger partial charge is 0.342 e. The number of hydrogen-bond donors (Lipinski definition) is 2. The van der Waals surface area contributed by atoms with E-state index in [1.807, 2.05) is 0 Å². The van der Waals surface area contributed by atoms with Crippen molar-refractivity contribution in [3.8, 4) is 0 Å². The summed E-state index contributed by atoms with van der Waals surface area (Å²) in [4.78, 5) is 54.1. The van der Waals surface area contributed by atoms with Crippen LogP contribution in [0.5, 0.6) is 0 Å². The lowest BCUT2D eigenvalue weighted by molar-refractivity contribution is -0.127. The molecule has 5 amide bonds. The SMILES string of the molecule is O=C1CN=C(NS(=O)(=O)c2ccc(N3C(=O)CC(=O)N(c4ccc(Cl)cc4)C3=O)cc2)N1. The van der Waals surface area contributed by atoms with Gasteiger partial charge in [0.2, 0.25) is 23.7 Å². The molecule has 2 aromatic carbocycles. The molecule has 164 valence electrons. The Hall–Kier alpha value is -3.77. The highest BCUT2D eigenvalue weighted by Crippen LogP contribution is 2.28. The quantitative estimate of drug-likeness (QED) is 0.631. The molecule has 32 heavy (non-hydrogen) atoms. The Morgan fingerprint density at radius 2 is 1.41 bits per heavy atom. The number of nitrogens with zero attached hydrogens (tertiary/aromatic N) is 3. The van der Waals surface area contributed by atoms with Gasteiger partial charge < -0.3 is 0 Å². The van der Waals surface area contributed by atoms with Crippen molar-refractivity contribution in [2.45, 2.75) is 11.3 Å². The summed E-state index contributed by atoms with van der Waals surface area (Å²) < 4.78 is 27.1. The van der Waals surface area contributed by atoms with Gasteiger partial charge in [-0.05, 0) is 48.5 Å². The lowest BCUT2D eigenvalue weighted by atomic mass is 10.2. The minimum atomic E-state index is -4.07. The highest BCUT2D eigenvalue weighted by molar-refractivity contribution is 7.90. The van der Waals surface area contributed by atoms with E-state index < -0.39 is 40.2 Å². The van der Waals surface area contributed by atoms with Gasteiger partial charge in [-0.2, -0.15) is 0 Å². The van der Waals surface area contributed by atoms with Crippen molar-refractivity contribution in [3.05, 3.63) is 53.6 Å². The third-order valence-electron chi connectivity index (χ3n) is 4.54. The lowest BCUT2D eigenvalue weighted by Crippen LogP contribution is -2.55. The first kappa shape index (κ1) is 21.5. The van der Waals surface area contributed by atoms with E-state index in [1.54, 1.807) is 0 Å². The summed E-state index contributed by atoms with van der Waals surface area (Å²) in [6.45, 7) is -0.182. The molecular formula is C19H14ClN5O6S. The van der Waals surface area contributed by atoms with Crippen molar-refractivity contribution in [2.75, 3.05) is 16.3 Å². The second kappa shape index (κ2) is 8.05. The molecule has 1 saturated heterocycles. The molecule has 0 aromatic heterocycles. The van der Waals surface area contributed by atoms with Crippen LogP contribution >= 0.6 is 11.6 Å². The molecule has 0 atom stereocenters. The molecule has 2 heterocycles. The Morgan fingerprint density at radius 3 is 1.91 bits per heavy atom. The van der Waals surface area contributed by atoms with Gasteiger partial charge in [0.25, 0.3) is 10.0 Å². The number of sulfonamides is 1. The fraction of sp³-hybridized carbons (Fsp3) is 0.105. The summed E-state index contributed by atoms with van der Waals surface area (Å²) in [6.07, 6.45) is -0.546. The van der Waals surface area contributed by atoms with Crippen molar-refractivity contribution >= 4 is 62.7 Å². The average molecular weight is 476 g/mol. The Bertz CT molecular complexity index is 1270. The van der Waals surface area contributed by atoms with Crippen LogP contribution in [0, 0.1) is 0 Å². The van der Waals surface area contributed by atoms with Crippen LogP contribution in [-0.4, -0.2) is 44.7 Å². The molecule has 0 spiro atoms. The Labute approximate surface area is 186 Å². The van der Waals surface area contributed by atoms with E-state index >= 15 is 0 Å². The maximum atomic E-state index is 13.0. The molecular weight excluding hydrogens is 462 g/mol. The number of hydrogen-bond acceptors (Lipinski definition) is 7. The Kier molecular flexibility index (Phi) is 5.40. The standard InChI is InChI=1S/C19H14ClN5O6S/c20-11-1-3-12(4-2-11)24-16(27)9-17(28)25(19(24)29)13-5-7-14(8-6-13)32(30,31)23-18-21-10-15(26)22-18/h1-8H,9-10H2,(H2,21,22,23,26). The normalized spacial score (nSPS) is 16.8. The number of barbiturate groups is 1. The second-order valence-corrected chi connectivity index (χ2v) is 8.83. The number of rotatable bonds is 4. The van der Waals surface area contributed by atoms with E-state index in [9.17, 15) is 27.6 Å². The zero-order valence-electron chi connectivity index (χ0n) is 16.1. The van der Waals surface area contributed by atoms with Crippen LogP contribution in [0.25, 0.3) is 0 Å². The molecule has 1 fully saturated rings. The number of nitrogens with one attached hydrogen (secondary N) is 2. The monoisotopic (exact) mass is 475 g/mol. The molecule has 0 saturated carbocycles. The smallest absolute Gasteiger partial charge is 0.294 e. The number of imide groups is 2. The number of benzene rings is 2. The third kappa shape index (κ3) is 4.05. The molecule has 13 heteroatoms. The van der Waals surface area contributed by atoms with Gasteiger partial charge in [-0.3, -0.25) is 19.7 Å². The maximum absolute atomic E-state index is 13.0. The fourth-order valence-corrected chi connectivity index (χ4v) is 4.19. The van der Waals surface area contributed by atoms with E-state index in [0.29, 0.717) is 5.02 Å². The van der Waals surface area contributed by atoms with Gasteiger partial charge in [-0.1, -0.05) is 11.6 Å². The topological polar surface area (TPSA) is 145 Å². The van der Waals surface area contributed by atoms with Gasteiger partial charge in [0.15, 0.2) is 0 Å². The number of carbonyl (C=O) groups is 4. The molecule has 2 aromatic rings. The average Bonchev–Trinajstić information content (AvgIpc) is 3.13. The summed E-state index contributed by atoms with van der Waals surface area (Å²) in [7, 11) is -4.07. The Morgan fingerprint density at radius 1 is 0.875 bits per heavy atom. The summed E-state index contributed by atoms with van der Waals surface area (Å²) in [5, 5.41) is 2.67. The van der Waals surface area contributed by atoms with E-state index in [0.717, 1.165) is 9.80 Å². The van der Waals surface area contributed by atoms with E-state index in [4.69, 9.17) is 11.6 Å². The van der Waals surface area contributed by atoms with E-state index in [2.05, 4.69) is 15.0 Å². The van der Waals surface area contributed by atoms with Gasteiger partial charge in [0, 0.05) is 5.02 Å². The lowest BCUT2D eigenvalue weighted by Gasteiger charge is -2.32. The fourth-order valence-electron chi connectivity index (χ4n) is 3.08. The molecule has 0 aliphatic carbocycles. The van der Waals surface area contributed by atoms with E-state index in [1.165, 1.54) is 48.5 Å². The molecule has 2 N–H and O–H groups in total. The first-order chi connectivity index (χ1) is 15.2. The summed E-state index contributed by atoms with van der Waals surface area (Å²) >= 11 is 5.85. The predicted octanol–water partition coefficient (Wildman–Crippen LogP) is 0.994. The molecule has 0 unspecified atom stereocenters. The number of anilines is 2. The van der Waals surface area contributed by atoms with Gasteiger partial charge in [-0.15, -0.1) is 0 Å². The van der Waals surface area contributed by atoms with Crippen molar-refractivity contribution in [1.82, 2.24) is 10.0 Å². The van der Waals surface area contributed by atoms with Crippen molar-refractivity contribution in [3.63, 3.8) is 0 Å². The van der Waals surface area contributed by atoms with E-state index in [-0.39, 0.29) is 28.8 Å². The zero-order valence-corrected chi connectivity index (χ0v) is 17.7. The first-order valence-corrected chi connectivity index (χ1v) is 10.9. The second-order valence-electron chi connectivity index (χ2n) is 6.71. The highest BCUT2D eigenvalue weighted by atomic mass is 35.5. The molecule has 2 aliphatic heterocycles. The summed E-state index contributed by atoms with van der Waals surface area (Å²) in [6, 6.07) is 9.92. The third-order valence-corrected chi connectivity index (χ3v) is 6.15. The minimum absolute atomic E-state index is 0.0805. The number of urea groups is 1. The van der Waals surface area contributed by atoms with Crippen LogP contribution in [-0.2, 0) is 24.4 Å². The van der Waals surface area contributed by atoms with Crippen LogP contribution in [0.2, 0.25) is 5.02 Å². The van der Waals surface area contributed by atoms with Gasteiger partial charge in [-0.25, -0.2) is 32.7 Å². The zero-order chi connectivity index (χ0) is 23.0. The van der Waals surface area contributed by atoms with Crippen LogP contribution in [0.4, 0.5) is 16.2 Å². The number of carbonyl (C=O) groups excluding carboxylic acids is 4. The number of amides is 5. The van der Waals surface area contributed by atoms with Crippen LogP contribution in [0.1, 0.15) is 6.42 Å². The highest BCUT2D eigenvalue weighted by Gasteiger charge is 2.39. The van der Waals surface area contributed by atoms with Gasteiger partial charge >= 0.3 is 6.03 Å². The summed E-state index contributed by atoms with van der Waals surface area (Å²) in [5.74, 6) is -2.08. The van der Waals surface area contributed by atoms with Gasteiger partial charge in [0.1, 0.15) is 13.0 Å².